The zero-order valence-corrected chi connectivity index (χ0v) is 22.1. The fourth-order valence-electron chi connectivity index (χ4n) is 4.16. The topological polar surface area (TPSA) is 23.5 Å². The maximum Gasteiger partial charge on any atom is 0.120 e. The van der Waals surface area contributed by atoms with E-state index in [0.717, 1.165) is 44.9 Å². The number of nitrogens with zero attached hydrogens (tertiary/aromatic N) is 1. The molecule has 39 heavy (non-hydrogen) atoms. The highest BCUT2D eigenvalue weighted by atomic mass is 16.3. The second-order valence-electron chi connectivity index (χ2n) is 9.77. The SMILES string of the molecule is CC(C)(O)C#Cc1ccc(-c2ccc(C#Cc3ccc(N(c4ccccc4)c4ccccc4)cc3)cc2)cc1. The van der Waals surface area contributed by atoms with Gasteiger partial charge in [0, 0.05) is 33.8 Å². The molecule has 0 spiro atoms. The summed E-state index contributed by atoms with van der Waals surface area (Å²) in [7, 11) is 0. The van der Waals surface area contributed by atoms with E-state index in [9.17, 15) is 5.11 Å². The summed E-state index contributed by atoms with van der Waals surface area (Å²) >= 11 is 0. The van der Waals surface area contributed by atoms with Crippen LogP contribution in [-0.2, 0) is 0 Å². The van der Waals surface area contributed by atoms with Crippen molar-refractivity contribution in [2.45, 2.75) is 19.4 Å². The van der Waals surface area contributed by atoms with Crippen molar-refractivity contribution in [1.82, 2.24) is 0 Å². The quantitative estimate of drug-likeness (QED) is 0.249. The summed E-state index contributed by atoms with van der Waals surface area (Å²) in [6.45, 7) is 3.36. The van der Waals surface area contributed by atoms with Crippen molar-refractivity contribution in [3.63, 3.8) is 0 Å². The highest BCUT2D eigenvalue weighted by molar-refractivity contribution is 5.76. The van der Waals surface area contributed by atoms with Crippen LogP contribution in [-0.4, -0.2) is 10.7 Å². The summed E-state index contributed by atoms with van der Waals surface area (Å²) in [6.07, 6.45) is 0. The van der Waals surface area contributed by atoms with Crippen molar-refractivity contribution < 1.29 is 5.11 Å². The minimum absolute atomic E-state index is 0.880. The molecule has 0 aliphatic heterocycles. The van der Waals surface area contributed by atoms with Gasteiger partial charge in [-0.3, -0.25) is 0 Å². The number of aliphatic hydroxyl groups is 1. The molecule has 0 amide bonds. The Kier molecular flexibility index (Phi) is 7.60. The van der Waals surface area contributed by atoms with Gasteiger partial charge in [-0.05, 0) is 97.8 Å². The fraction of sp³-hybridized carbons (Fsp3) is 0.0811. The van der Waals surface area contributed by atoms with Gasteiger partial charge in [-0.2, -0.15) is 0 Å². The minimum Gasteiger partial charge on any atom is -0.378 e. The lowest BCUT2D eigenvalue weighted by Gasteiger charge is -2.25. The third-order valence-corrected chi connectivity index (χ3v) is 6.12. The van der Waals surface area contributed by atoms with E-state index < -0.39 is 5.60 Å². The highest BCUT2D eigenvalue weighted by Gasteiger charge is 2.11. The van der Waals surface area contributed by atoms with Gasteiger partial charge in [-0.15, -0.1) is 0 Å². The molecule has 0 fully saturated rings. The molecule has 0 saturated carbocycles. The molecule has 188 valence electrons. The first kappa shape index (κ1) is 25.6. The Balaban J connectivity index is 1.31. The van der Waals surface area contributed by atoms with E-state index >= 15 is 0 Å². The molecule has 0 bridgehead atoms. The fourth-order valence-corrected chi connectivity index (χ4v) is 4.16. The number of hydrogen-bond donors (Lipinski definition) is 1. The first-order valence-electron chi connectivity index (χ1n) is 12.9. The minimum atomic E-state index is -0.998. The number of benzene rings is 5. The van der Waals surface area contributed by atoms with Crippen LogP contribution >= 0.6 is 0 Å². The number of rotatable bonds is 4. The summed E-state index contributed by atoms with van der Waals surface area (Å²) in [5.74, 6) is 12.4. The van der Waals surface area contributed by atoms with Gasteiger partial charge in [0.15, 0.2) is 0 Å². The Hall–Kier alpha value is -5.02. The third kappa shape index (κ3) is 6.85. The van der Waals surface area contributed by atoms with Crippen LogP contribution in [0.5, 0.6) is 0 Å². The van der Waals surface area contributed by atoms with Gasteiger partial charge in [0.2, 0.25) is 0 Å². The van der Waals surface area contributed by atoms with Gasteiger partial charge in [-0.25, -0.2) is 0 Å². The van der Waals surface area contributed by atoms with Crippen molar-refractivity contribution >= 4 is 17.1 Å². The monoisotopic (exact) mass is 503 g/mol. The molecule has 5 aromatic rings. The first-order valence-corrected chi connectivity index (χ1v) is 12.9. The normalized spacial score (nSPS) is 10.5. The van der Waals surface area contributed by atoms with Gasteiger partial charge in [-0.1, -0.05) is 84.3 Å². The van der Waals surface area contributed by atoms with E-state index in [4.69, 9.17) is 0 Å². The zero-order chi connectivity index (χ0) is 27.1. The van der Waals surface area contributed by atoms with Crippen LogP contribution in [0, 0.1) is 23.7 Å². The predicted molar refractivity (Wildman–Crippen MR) is 162 cm³/mol. The molecule has 2 nitrogen and oxygen atoms in total. The smallest absolute Gasteiger partial charge is 0.120 e. The summed E-state index contributed by atoms with van der Waals surface area (Å²) in [4.78, 5) is 2.24. The van der Waals surface area contributed by atoms with Crippen LogP contribution in [0.1, 0.15) is 30.5 Å². The first-order chi connectivity index (χ1) is 18.9. The Morgan fingerprint density at radius 1 is 0.462 bits per heavy atom. The molecule has 2 heteroatoms. The standard InChI is InChI=1S/C37H29NO/c1-37(2,39)28-27-31-17-23-33(24-18-31)32-21-15-29(16-22-32)13-14-30-19-25-36(26-20-30)38(34-9-5-3-6-10-34)35-11-7-4-8-12-35/h3-12,15-26,39H,1-2H3. The summed E-state index contributed by atoms with van der Waals surface area (Å²) in [5, 5.41) is 9.79. The van der Waals surface area contributed by atoms with Gasteiger partial charge in [0.05, 0.1) is 0 Å². The molecule has 0 unspecified atom stereocenters. The predicted octanol–water partition coefficient (Wildman–Crippen LogP) is 8.35. The van der Waals surface area contributed by atoms with Crippen molar-refractivity contribution in [1.29, 1.82) is 0 Å². The molecule has 0 radical (unpaired) electrons. The van der Waals surface area contributed by atoms with Crippen LogP contribution in [0.4, 0.5) is 17.1 Å². The van der Waals surface area contributed by atoms with E-state index in [2.05, 4.69) is 114 Å². The molecule has 0 aromatic heterocycles. The second-order valence-corrected chi connectivity index (χ2v) is 9.77. The Morgan fingerprint density at radius 3 is 1.23 bits per heavy atom. The highest BCUT2D eigenvalue weighted by Crippen LogP contribution is 2.34. The Bertz CT molecular complexity index is 1600. The third-order valence-electron chi connectivity index (χ3n) is 6.12. The van der Waals surface area contributed by atoms with E-state index in [0.29, 0.717) is 0 Å². The van der Waals surface area contributed by atoms with Gasteiger partial charge in [0.25, 0.3) is 0 Å². The average Bonchev–Trinajstić information content (AvgIpc) is 2.97. The molecular formula is C37H29NO. The molecule has 5 rings (SSSR count). The number of hydrogen-bond acceptors (Lipinski definition) is 2. The zero-order valence-electron chi connectivity index (χ0n) is 22.1. The van der Waals surface area contributed by atoms with Crippen LogP contribution in [0.15, 0.2) is 133 Å². The summed E-state index contributed by atoms with van der Waals surface area (Å²) < 4.78 is 0. The lowest BCUT2D eigenvalue weighted by atomic mass is 10.0. The molecule has 0 heterocycles. The average molecular weight is 504 g/mol. The van der Waals surface area contributed by atoms with Crippen molar-refractivity contribution in [3.8, 4) is 34.8 Å². The van der Waals surface area contributed by atoms with Crippen LogP contribution in [0.2, 0.25) is 0 Å². The van der Waals surface area contributed by atoms with Crippen molar-refractivity contribution in [2.24, 2.45) is 0 Å². The molecular weight excluding hydrogens is 474 g/mol. The molecule has 0 aliphatic rings. The van der Waals surface area contributed by atoms with Gasteiger partial charge in [0.1, 0.15) is 5.60 Å². The molecule has 0 aliphatic carbocycles. The summed E-state index contributed by atoms with van der Waals surface area (Å²) in [6, 6.07) is 45.4. The van der Waals surface area contributed by atoms with Gasteiger partial charge < -0.3 is 10.0 Å². The van der Waals surface area contributed by atoms with E-state index in [-0.39, 0.29) is 0 Å². The van der Waals surface area contributed by atoms with E-state index in [1.165, 1.54) is 0 Å². The van der Waals surface area contributed by atoms with Crippen LogP contribution < -0.4 is 4.90 Å². The Morgan fingerprint density at radius 2 is 0.821 bits per heavy atom. The number of para-hydroxylation sites is 2. The van der Waals surface area contributed by atoms with Crippen molar-refractivity contribution in [2.75, 3.05) is 4.90 Å². The molecule has 0 saturated heterocycles. The van der Waals surface area contributed by atoms with E-state index in [1.807, 2.05) is 48.5 Å². The van der Waals surface area contributed by atoms with Crippen LogP contribution in [0.3, 0.4) is 0 Å². The van der Waals surface area contributed by atoms with Crippen molar-refractivity contribution in [3.05, 3.63) is 150 Å². The molecule has 0 atom stereocenters. The molecule has 1 N–H and O–H groups in total. The molecule has 5 aromatic carbocycles. The van der Waals surface area contributed by atoms with Gasteiger partial charge >= 0.3 is 0 Å². The number of anilines is 3. The maximum absolute atomic E-state index is 9.79. The Labute approximate surface area is 231 Å². The largest absolute Gasteiger partial charge is 0.378 e. The van der Waals surface area contributed by atoms with E-state index in [1.54, 1.807) is 13.8 Å². The maximum atomic E-state index is 9.79. The van der Waals surface area contributed by atoms with Crippen LogP contribution in [0.25, 0.3) is 11.1 Å². The lowest BCUT2D eigenvalue weighted by molar-refractivity contribution is 0.143. The second kappa shape index (κ2) is 11.6. The summed E-state index contributed by atoms with van der Waals surface area (Å²) in [5.41, 5.74) is 7.34. The lowest BCUT2D eigenvalue weighted by Crippen LogP contribution is -2.14.